The molecule has 14 heavy (non-hydrogen) atoms. The molecule has 1 unspecified atom stereocenters. The average Bonchev–Trinajstić information content (AvgIpc) is 2.09. The molecular formula is C11H18O3. The van der Waals surface area contributed by atoms with Gasteiger partial charge in [-0.1, -0.05) is 18.6 Å². The van der Waals surface area contributed by atoms with Crippen molar-refractivity contribution in [1.29, 1.82) is 0 Å². The van der Waals surface area contributed by atoms with E-state index in [0.717, 1.165) is 31.3 Å². The maximum Gasteiger partial charge on any atom is 0.304 e. The van der Waals surface area contributed by atoms with Crippen LogP contribution in [0.3, 0.4) is 0 Å². The number of hydrogen-bond acceptors (Lipinski definition) is 2. The first-order chi connectivity index (χ1) is 6.60. The van der Waals surface area contributed by atoms with Crippen LogP contribution in [0.1, 0.15) is 38.5 Å². The van der Waals surface area contributed by atoms with Crippen LogP contribution in [-0.4, -0.2) is 22.8 Å². The molecule has 1 saturated carbocycles. The molecule has 3 heteroatoms. The zero-order valence-electron chi connectivity index (χ0n) is 8.46. The smallest absolute Gasteiger partial charge is 0.304 e. The van der Waals surface area contributed by atoms with Crippen LogP contribution >= 0.6 is 0 Å². The summed E-state index contributed by atoms with van der Waals surface area (Å²) in [6.07, 6.45) is 4.58. The van der Waals surface area contributed by atoms with Gasteiger partial charge < -0.3 is 10.2 Å². The molecule has 1 atom stereocenters. The number of carbonyl (C=O) groups is 1. The van der Waals surface area contributed by atoms with Crippen LogP contribution in [-0.2, 0) is 4.79 Å². The van der Waals surface area contributed by atoms with Crippen molar-refractivity contribution in [1.82, 2.24) is 0 Å². The molecule has 2 N–H and O–H groups in total. The molecule has 1 aliphatic carbocycles. The van der Waals surface area contributed by atoms with Crippen LogP contribution in [0, 0.1) is 5.41 Å². The van der Waals surface area contributed by atoms with E-state index in [1.54, 1.807) is 0 Å². The van der Waals surface area contributed by atoms with Crippen molar-refractivity contribution in [2.45, 2.75) is 38.5 Å². The number of allylic oxidation sites excluding steroid dienone is 1. The summed E-state index contributed by atoms with van der Waals surface area (Å²) in [7, 11) is 0. The summed E-state index contributed by atoms with van der Waals surface area (Å²) < 4.78 is 0. The lowest BCUT2D eigenvalue weighted by molar-refractivity contribution is -0.139. The maximum absolute atomic E-state index is 10.8. The van der Waals surface area contributed by atoms with Crippen LogP contribution in [0.2, 0.25) is 0 Å². The van der Waals surface area contributed by atoms with Gasteiger partial charge in [0.25, 0.3) is 0 Å². The second-order valence-electron chi connectivity index (χ2n) is 4.14. The Morgan fingerprint density at radius 1 is 1.50 bits per heavy atom. The normalized spacial score (nSPS) is 27.6. The van der Waals surface area contributed by atoms with Gasteiger partial charge >= 0.3 is 5.97 Å². The predicted octanol–water partition coefficient (Wildman–Crippen LogP) is 1.96. The van der Waals surface area contributed by atoms with Gasteiger partial charge in [-0.05, 0) is 25.7 Å². The summed E-state index contributed by atoms with van der Waals surface area (Å²) in [5, 5.41) is 17.8. The van der Waals surface area contributed by atoms with Gasteiger partial charge in [0.1, 0.15) is 0 Å². The van der Waals surface area contributed by atoms with Gasteiger partial charge in [0, 0.05) is 12.0 Å². The highest BCUT2D eigenvalue weighted by Gasteiger charge is 2.36. The van der Waals surface area contributed by atoms with Crippen molar-refractivity contribution in [3.8, 4) is 0 Å². The van der Waals surface area contributed by atoms with E-state index in [1.807, 2.05) is 0 Å². The lowest BCUT2D eigenvalue weighted by Gasteiger charge is -2.38. The van der Waals surface area contributed by atoms with Gasteiger partial charge in [-0.3, -0.25) is 4.79 Å². The van der Waals surface area contributed by atoms with E-state index in [-0.39, 0.29) is 18.4 Å². The summed E-state index contributed by atoms with van der Waals surface area (Å²) in [5.41, 5.74) is 0.680. The number of carboxylic acids is 1. The van der Waals surface area contributed by atoms with Gasteiger partial charge in [-0.2, -0.15) is 0 Å². The summed E-state index contributed by atoms with van der Waals surface area (Å²) in [6.45, 7) is 4.01. The summed E-state index contributed by atoms with van der Waals surface area (Å²) >= 11 is 0. The zero-order chi connectivity index (χ0) is 10.6. The number of aliphatic hydroxyl groups excluding tert-OH is 1. The van der Waals surface area contributed by atoms with E-state index in [0.29, 0.717) is 6.42 Å². The molecule has 80 valence electrons. The first kappa shape index (κ1) is 11.2. The molecule has 0 aromatic carbocycles. The Kier molecular flexibility index (Phi) is 3.69. The van der Waals surface area contributed by atoms with E-state index in [2.05, 4.69) is 6.58 Å². The first-order valence-electron chi connectivity index (χ1n) is 5.12. The quantitative estimate of drug-likeness (QED) is 0.679. The minimum absolute atomic E-state index is 0.0479. The second-order valence-corrected chi connectivity index (χ2v) is 4.14. The van der Waals surface area contributed by atoms with E-state index in [4.69, 9.17) is 10.2 Å². The highest BCUT2D eigenvalue weighted by atomic mass is 16.4. The van der Waals surface area contributed by atoms with E-state index < -0.39 is 5.97 Å². The number of aliphatic carboxylic acids is 1. The van der Waals surface area contributed by atoms with E-state index in [9.17, 15) is 4.79 Å². The number of rotatable bonds is 4. The average molecular weight is 198 g/mol. The van der Waals surface area contributed by atoms with Crippen molar-refractivity contribution >= 4 is 5.97 Å². The molecule has 1 fully saturated rings. The Balaban J connectivity index is 2.77. The molecule has 0 bridgehead atoms. The molecule has 0 heterocycles. The Morgan fingerprint density at radius 2 is 2.21 bits per heavy atom. The van der Waals surface area contributed by atoms with Crippen LogP contribution in [0.25, 0.3) is 0 Å². The van der Waals surface area contributed by atoms with E-state index in [1.165, 1.54) is 0 Å². The van der Waals surface area contributed by atoms with Crippen molar-refractivity contribution in [3.63, 3.8) is 0 Å². The van der Waals surface area contributed by atoms with E-state index >= 15 is 0 Å². The fourth-order valence-corrected chi connectivity index (χ4v) is 2.35. The van der Waals surface area contributed by atoms with Gasteiger partial charge in [-0.15, -0.1) is 0 Å². The van der Waals surface area contributed by atoms with Gasteiger partial charge in [-0.25, -0.2) is 0 Å². The number of hydrogen-bond donors (Lipinski definition) is 2. The Hall–Kier alpha value is -0.830. The lowest BCUT2D eigenvalue weighted by atomic mass is 9.67. The third kappa shape index (κ3) is 2.35. The zero-order valence-corrected chi connectivity index (χ0v) is 8.46. The Labute approximate surface area is 84.4 Å². The highest BCUT2D eigenvalue weighted by molar-refractivity contribution is 5.68. The van der Waals surface area contributed by atoms with Crippen LogP contribution < -0.4 is 0 Å². The monoisotopic (exact) mass is 198 g/mol. The lowest BCUT2D eigenvalue weighted by Crippen LogP contribution is -2.30. The van der Waals surface area contributed by atoms with Crippen molar-refractivity contribution in [2.24, 2.45) is 5.41 Å². The minimum Gasteiger partial charge on any atom is -0.481 e. The minimum atomic E-state index is -0.790. The molecule has 1 aliphatic rings. The van der Waals surface area contributed by atoms with Crippen LogP contribution in [0.15, 0.2) is 12.2 Å². The van der Waals surface area contributed by atoms with Gasteiger partial charge in [0.05, 0.1) is 6.42 Å². The molecule has 1 rings (SSSR count). The fourth-order valence-electron chi connectivity index (χ4n) is 2.35. The summed E-state index contributed by atoms with van der Waals surface area (Å²) in [4.78, 5) is 10.8. The first-order valence-corrected chi connectivity index (χ1v) is 5.12. The Bertz CT molecular complexity index is 231. The summed E-state index contributed by atoms with van der Waals surface area (Å²) in [5.74, 6) is -0.790. The molecule has 3 nitrogen and oxygen atoms in total. The summed E-state index contributed by atoms with van der Waals surface area (Å²) in [6, 6.07) is 0. The van der Waals surface area contributed by atoms with Crippen molar-refractivity contribution in [3.05, 3.63) is 12.2 Å². The van der Waals surface area contributed by atoms with Crippen molar-refractivity contribution in [2.75, 3.05) is 6.61 Å². The van der Waals surface area contributed by atoms with Crippen LogP contribution in [0.4, 0.5) is 0 Å². The number of aliphatic hydroxyl groups is 1. The standard InChI is InChI=1S/C11H18O3/c1-9-4-2-3-5-11(9,6-7-12)8-10(13)14/h12H,1-8H2,(H,13,14). The third-order valence-electron chi connectivity index (χ3n) is 3.21. The van der Waals surface area contributed by atoms with Gasteiger partial charge in [0.15, 0.2) is 0 Å². The molecule has 0 aromatic heterocycles. The number of carboxylic acid groups (broad SMARTS) is 1. The van der Waals surface area contributed by atoms with Crippen LogP contribution in [0.5, 0.6) is 0 Å². The highest BCUT2D eigenvalue weighted by Crippen LogP contribution is 2.45. The molecule has 0 aromatic rings. The SMILES string of the molecule is C=C1CCCCC1(CCO)CC(=O)O. The largest absolute Gasteiger partial charge is 0.481 e. The second kappa shape index (κ2) is 4.60. The molecule has 0 radical (unpaired) electrons. The maximum atomic E-state index is 10.8. The fraction of sp³-hybridized carbons (Fsp3) is 0.727. The topological polar surface area (TPSA) is 57.5 Å². The molecular weight excluding hydrogens is 180 g/mol. The predicted molar refractivity (Wildman–Crippen MR) is 54.0 cm³/mol. The third-order valence-corrected chi connectivity index (χ3v) is 3.21. The Morgan fingerprint density at radius 3 is 2.71 bits per heavy atom. The van der Waals surface area contributed by atoms with Crippen molar-refractivity contribution < 1.29 is 15.0 Å². The molecule has 0 aliphatic heterocycles. The molecule has 0 saturated heterocycles. The van der Waals surface area contributed by atoms with Gasteiger partial charge in [0.2, 0.25) is 0 Å². The molecule has 0 spiro atoms. The molecule has 0 amide bonds.